The minimum absolute atomic E-state index is 0.180. The molecule has 2 amide bonds. The summed E-state index contributed by atoms with van der Waals surface area (Å²) in [4.78, 5) is 34.1. The number of benzene rings is 1. The second-order valence-electron chi connectivity index (χ2n) is 4.95. The molecule has 0 radical (unpaired) electrons. The lowest BCUT2D eigenvalue weighted by Gasteiger charge is -2.35. The zero-order chi connectivity index (χ0) is 14.8. The first-order chi connectivity index (χ1) is 9.44. The van der Waals surface area contributed by atoms with E-state index in [4.69, 9.17) is 5.11 Å². The zero-order valence-corrected chi connectivity index (χ0v) is 11.1. The maximum absolute atomic E-state index is 12.1. The summed E-state index contributed by atoms with van der Waals surface area (Å²) in [7, 11) is 0. The summed E-state index contributed by atoms with van der Waals surface area (Å²) >= 11 is 0. The van der Waals surface area contributed by atoms with E-state index in [9.17, 15) is 14.4 Å². The average molecular weight is 276 g/mol. The number of rotatable bonds is 4. The highest BCUT2D eigenvalue weighted by molar-refractivity contribution is 6.09. The summed E-state index contributed by atoms with van der Waals surface area (Å²) in [6.45, 7) is 1.41. The number of aliphatic carboxylic acids is 1. The van der Waals surface area contributed by atoms with Crippen molar-refractivity contribution in [1.29, 1.82) is 0 Å². The van der Waals surface area contributed by atoms with Crippen molar-refractivity contribution in [3.05, 3.63) is 24.3 Å². The first-order valence-corrected chi connectivity index (χ1v) is 6.36. The summed E-state index contributed by atoms with van der Waals surface area (Å²) < 4.78 is 0. The minimum atomic E-state index is -1.28. The molecule has 0 aliphatic heterocycles. The Labute approximate surface area is 116 Å². The van der Waals surface area contributed by atoms with Gasteiger partial charge in [-0.3, -0.25) is 14.4 Å². The predicted octanol–water partition coefficient (Wildman–Crippen LogP) is 1.84. The Kier molecular flexibility index (Phi) is 3.74. The lowest BCUT2D eigenvalue weighted by molar-refractivity contribution is -0.159. The van der Waals surface area contributed by atoms with Gasteiger partial charge in [0.2, 0.25) is 11.8 Å². The number of hydrogen-bond acceptors (Lipinski definition) is 3. The Balaban J connectivity index is 2.04. The van der Waals surface area contributed by atoms with Gasteiger partial charge in [-0.1, -0.05) is 6.42 Å². The van der Waals surface area contributed by atoms with Crippen LogP contribution in [0.1, 0.15) is 26.2 Å². The first kappa shape index (κ1) is 14.0. The van der Waals surface area contributed by atoms with Crippen LogP contribution in [-0.2, 0) is 14.4 Å². The minimum Gasteiger partial charge on any atom is -0.480 e. The molecule has 1 fully saturated rings. The fourth-order valence-corrected chi connectivity index (χ4v) is 2.16. The molecule has 1 aromatic rings. The van der Waals surface area contributed by atoms with Crippen molar-refractivity contribution in [2.24, 2.45) is 5.41 Å². The van der Waals surface area contributed by atoms with E-state index in [2.05, 4.69) is 10.6 Å². The molecule has 0 aromatic heterocycles. The molecule has 1 aliphatic carbocycles. The lowest BCUT2D eigenvalue weighted by atomic mass is 9.68. The number of anilines is 2. The number of carboxylic acid groups (broad SMARTS) is 1. The van der Waals surface area contributed by atoms with Crippen LogP contribution in [0.25, 0.3) is 0 Å². The smallest absolute Gasteiger partial charge is 0.319 e. The van der Waals surface area contributed by atoms with Crippen molar-refractivity contribution in [3.63, 3.8) is 0 Å². The van der Waals surface area contributed by atoms with E-state index in [1.165, 1.54) is 6.92 Å². The van der Waals surface area contributed by atoms with E-state index in [0.29, 0.717) is 24.2 Å². The maximum atomic E-state index is 12.1. The highest BCUT2D eigenvalue weighted by Gasteiger charge is 2.51. The van der Waals surface area contributed by atoms with Gasteiger partial charge in [0.05, 0.1) is 0 Å². The van der Waals surface area contributed by atoms with Gasteiger partial charge in [-0.2, -0.15) is 0 Å². The second kappa shape index (κ2) is 5.32. The van der Waals surface area contributed by atoms with E-state index >= 15 is 0 Å². The van der Waals surface area contributed by atoms with E-state index in [1.54, 1.807) is 24.3 Å². The van der Waals surface area contributed by atoms with Crippen LogP contribution in [0.3, 0.4) is 0 Å². The molecule has 0 unspecified atom stereocenters. The standard InChI is InChI=1S/C14H16N2O4/c1-9(17)15-10-3-5-11(6-4-10)16-12(18)14(13(19)20)7-2-8-14/h3-6H,2,7-8H2,1H3,(H,15,17)(H,16,18)(H,19,20). The van der Waals surface area contributed by atoms with Crippen molar-refractivity contribution < 1.29 is 19.5 Å². The van der Waals surface area contributed by atoms with Crippen molar-refractivity contribution in [2.45, 2.75) is 26.2 Å². The first-order valence-electron chi connectivity index (χ1n) is 6.36. The molecule has 1 saturated carbocycles. The molecule has 20 heavy (non-hydrogen) atoms. The van der Waals surface area contributed by atoms with Crippen molar-refractivity contribution >= 4 is 29.2 Å². The van der Waals surface area contributed by atoms with Gasteiger partial charge >= 0.3 is 5.97 Å². The molecule has 1 aliphatic rings. The van der Waals surface area contributed by atoms with Gasteiger partial charge in [0, 0.05) is 18.3 Å². The zero-order valence-electron chi connectivity index (χ0n) is 11.1. The molecule has 0 heterocycles. The quantitative estimate of drug-likeness (QED) is 0.731. The maximum Gasteiger partial charge on any atom is 0.319 e. The van der Waals surface area contributed by atoms with E-state index in [-0.39, 0.29) is 5.91 Å². The van der Waals surface area contributed by atoms with Gasteiger partial charge in [0.25, 0.3) is 0 Å². The Bertz CT molecular complexity index is 547. The SMILES string of the molecule is CC(=O)Nc1ccc(NC(=O)C2(C(=O)O)CCC2)cc1. The fourth-order valence-electron chi connectivity index (χ4n) is 2.16. The molecular weight excluding hydrogens is 260 g/mol. The molecule has 6 heteroatoms. The Morgan fingerprint density at radius 1 is 1.05 bits per heavy atom. The number of amides is 2. The summed E-state index contributed by atoms with van der Waals surface area (Å²) in [5, 5.41) is 14.4. The summed E-state index contributed by atoms with van der Waals surface area (Å²) in [5.41, 5.74) is -0.153. The van der Waals surface area contributed by atoms with Crippen LogP contribution in [0.5, 0.6) is 0 Å². The molecule has 3 N–H and O–H groups in total. The van der Waals surface area contributed by atoms with Gasteiger partial charge in [-0.25, -0.2) is 0 Å². The third-order valence-corrected chi connectivity index (χ3v) is 3.51. The Hall–Kier alpha value is -2.37. The van der Waals surface area contributed by atoms with Crippen LogP contribution in [0.4, 0.5) is 11.4 Å². The summed E-state index contributed by atoms with van der Waals surface area (Å²) in [6.07, 6.45) is 1.50. The molecule has 0 bridgehead atoms. The van der Waals surface area contributed by atoms with E-state index in [1.807, 2.05) is 0 Å². The van der Waals surface area contributed by atoms with E-state index < -0.39 is 17.3 Å². The number of carbonyl (C=O) groups is 3. The number of carbonyl (C=O) groups excluding carboxylic acids is 2. The number of hydrogen-bond donors (Lipinski definition) is 3. The highest BCUT2D eigenvalue weighted by Crippen LogP contribution is 2.42. The van der Waals surface area contributed by atoms with Crippen LogP contribution in [0.15, 0.2) is 24.3 Å². The van der Waals surface area contributed by atoms with Gasteiger partial charge in [-0.15, -0.1) is 0 Å². The van der Waals surface area contributed by atoms with Crippen molar-refractivity contribution in [1.82, 2.24) is 0 Å². The third kappa shape index (κ3) is 2.64. The summed E-state index contributed by atoms with van der Waals surface area (Å²) in [5.74, 6) is -1.74. The molecule has 6 nitrogen and oxygen atoms in total. The fraction of sp³-hybridized carbons (Fsp3) is 0.357. The Morgan fingerprint density at radius 3 is 1.90 bits per heavy atom. The highest BCUT2D eigenvalue weighted by atomic mass is 16.4. The van der Waals surface area contributed by atoms with Crippen LogP contribution in [0, 0.1) is 5.41 Å². The molecular formula is C14H16N2O4. The van der Waals surface area contributed by atoms with Crippen molar-refractivity contribution in [2.75, 3.05) is 10.6 Å². The normalized spacial score (nSPS) is 15.8. The van der Waals surface area contributed by atoms with Gasteiger partial charge in [0.1, 0.15) is 5.41 Å². The third-order valence-electron chi connectivity index (χ3n) is 3.51. The topological polar surface area (TPSA) is 95.5 Å². The van der Waals surface area contributed by atoms with E-state index in [0.717, 1.165) is 6.42 Å². The summed E-state index contributed by atoms with van der Waals surface area (Å²) in [6, 6.07) is 6.53. The predicted molar refractivity (Wildman–Crippen MR) is 73.3 cm³/mol. The van der Waals surface area contributed by atoms with Gasteiger partial charge < -0.3 is 15.7 Å². The molecule has 0 spiro atoms. The van der Waals surface area contributed by atoms with Crippen LogP contribution in [-0.4, -0.2) is 22.9 Å². The van der Waals surface area contributed by atoms with Gasteiger partial charge in [-0.05, 0) is 37.1 Å². The van der Waals surface area contributed by atoms with Crippen LogP contribution < -0.4 is 10.6 Å². The van der Waals surface area contributed by atoms with Crippen molar-refractivity contribution in [3.8, 4) is 0 Å². The molecule has 106 valence electrons. The molecule has 0 saturated heterocycles. The molecule has 1 aromatic carbocycles. The average Bonchev–Trinajstić information content (AvgIpc) is 2.28. The number of carboxylic acids is 1. The van der Waals surface area contributed by atoms with Crippen LogP contribution >= 0.6 is 0 Å². The molecule has 0 atom stereocenters. The monoisotopic (exact) mass is 276 g/mol. The van der Waals surface area contributed by atoms with Crippen LogP contribution in [0.2, 0.25) is 0 Å². The second-order valence-corrected chi connectivity index (χ2v) is 4.95. The lowest BCUT2D eigenvalue weighted by Crippen LogP contribution is -2.48. The molecule has 2 rings (SSSR count). The largest absolute Gasteiger partial charge is 0.480 e. The Morgan fingerprint density at radius 2 is 1.55 bits per heavy atom. The number of nitrogens with one attached hydrogen (secondary N) is 2. The van der Waals surface area contributed by atoms with Gasteiger partial charge in [0.15, 0.2) is 0 Å².